The van der Waals surface area contributed by atoms with E-state index in [1.807, 2.05) is 0 Å². The summed E-state index contributed by atoms with van der Waals surface area (Å²) in [6, 6.07) is 7.64. The van der Waals surface area contributed by atoms with E-state index in [-0.39, 0.29) is 11.4 Å². The van der Waals surface area contributed by atoms with Gasteiger partial charge in [0.1, 0.15) is 17.1 Å². The van der Waals surface area contributed by atoms with Crippen LogP contribution in [0.2, 0.25) is 0 Å². The van der Waals surface area contributed by atoms with Crippen molar-refractivity contribution in [1.29, 1.82) is 0 Å². The van der Waals surface area contributed by atoms with Crippen LogP contribution in [0, 0.1) is 11.6 Å². The maximum Gasteiger partial charge on any atom is 0.264 e. The molecule has 2 aromatic carbocycles. The number of nitrogen functional groups attached to an aromatic ring is 1. The Kier molecular flexibility index (Phi) is 3.56. The number of hydrogen-bond acceptors (Lipinski definition) is 3. The first kappa shape index (κ1) is 13.8. The first-order valence-corrected chi connectivity index (χ1v) is 5.72. The lowest BCUT2D eigenvalue weighted by atomic mass is 10.1. The molecule has 2 rings (SSSR count). The zero-order chi connectivity index (χ0) is 14.9. The number of nitrogens with zero attached hydrogens (tertiary/aromatic N) is 1. The predicted molar refractivity (Wildman–Crippen MR) is 71.6 cm³/mol. The predicted octanol–water partition coefficient (Wildman–Crippen LogP) is 2.53. The van der Waals surface area contributed by atoms with E-state index in [1.165, 1.54) is 31.3 Å². The first-order valence-electron chi connectivity index (χ1n) is 5.72. The van der Waals surface area contributed by atoms with Crippen molar-refractivity contribution >= 4 is 17.3 Å². The minimum absolute atomic E-state index is 0.0240. The van der Waals surface area contributed by atoms with Crippen molar-refractivity contribution < 1.29 is 18.7 Å². The van der Waals surface area contributed by atoms with Gasteiger partial charge < -0.3 is 15.7 Å². The van der Waals surface area contributed by atoms with Gasteiger partial charge in [0.05, 0.1) is 5.69 Å². The van der Waals surface area contributed by atoms with Gasteiger partial charge in [-0.3, -0.25) is 4.79 Å². The summed E-state index contributed by atoms with van der Waals surface area (Å²) in [5, 5.41) is 9.18. The fourth-order valence-corrected chi connectivity index (χ4v) is 1.73. The van der Waals surface area contributed by atoms with Crippen LogP contribution >= 0.6 is 0 Å². The molecule has 0 fully saturated rings. The Balaban J connectivity index is 2.41. The molecule has 0 aliphatic rings. The zero-order valence-corrected chi connectivity index (χ0v) is 10.6. The monoisotopic (exact) mass is 278 g/mol. The Bertz CT molecular complexity index is 657. The molecular formula is C14H12F2N2O2. The highest BCUT2D eigenvalue weighted by Gasteiger charge is 2.23. The van der Waals surface area contributed by atoms with Crippen molar-refractivity contribution in [3.8, 4) is 5.75 Å². The van der Waals surface area contributed by atoms with Gasteiger partial charge in [0.2, 0.25) is 0 Å². The Morgan fingerprint density at radius 3 is 2.35 bits per heavy atom. The molecule has 4 nitrogen and oxygen atoms in total. The number of hydrogen-bond donors (Lipinski definition) is 2. The SMILES string of the molecule is CN(C(=O)c1c(F)ccc(N)c1F)c1ccc(O)cc1. The highest BCUT2D eigenvalue weighted by Crippen LogP contribution is 2.23. The fraction of sp³-hybridized carbons (Fsp3) is 0.0714. The normalized spacial score (nSPS) is 10.3. The summed E-state index contributed by atoms with van der Waals surface area (Å²) >= 11 is 0. The van der Waals surface area contributed by atoms with E-state index in [9.17, 15) is 18.7 Å². The average Bonchev–Trinajstić information content (AvgIpc) is 2.43. The summed E-state index contributed by atoms with van der Waals surface area (Å²) in [7, 11) is 1.37. The van der Waals surface area contributed by atoms with Gasteiger partial charge in [-0.15, -0.1) is 0 Å². The van der Waals surface area contributed by atoms with Crippen LogP contribution in [0.1, 0.15) is 10.4 Å². The summed E-state index contributed by atoms with van der Waals surface area (Å²) in [4.78, 5) is 13.2. The fourth-order valence-electron chi connectivity index (χ4n) is 1.73. The molecular weight excluding hydrogens is 266 g/mol. The highest BCUT2D eigenvalue weighted by molar-refractivity contribution is 6.06. The second-order valence-corrected chi connectivity index (χ2v) is 4.21. The van der Waals surface area contributed by atoms with Crippen LogP contribution in [0.3, 0.4) is 0 Å². The average molecular weight is 278 g/mol. The molecule has 0 atom stereocenters. The molecule has 6 heteroatoms. The van der Waals surface area contributed by atoms with Crippen molar-refractivity contribution in [1.82, 2.24) is 0 Å². The molecule has 0 saturated heterocycles. The van der Waals surface area contributed by atoms with Crippen molar-refractivity contribution in [2.24, 2.45) is 0 Å². The summed E-state index contributed by atoms with van der Waals surface area (Å²) < 4.78 is 27.4. The molecule has 0 heterocycles. The topological polar surface area (TPSA) is 66.6 Å². The second kappa shape index (κ2) is 5.16. The summed E-state index contributed by atoms with van der Waals surface area (Å²) in [5.74, 6) is -2.90. The number of phenols is 1. The largest absolute Gasteiger partial charge is 0.508 e. The molecule has 0 saturated carbocycles. The molecule has 0 aromatic heterocycles. The Hall–Kier alpha value is -2.63. The third kappa shape index (κ3) is 2.40. The lowest BCUT2D eigenvalue weighted by Gasteiger charge is -2.18. The Morgan fingerprint density at radius 1 is 1.15 bits per heavy atom. The number of anilines is 2. The van der Waals surface area contributed by atoms with E-state index >= 15 is 0 Å². The lowest BCUT2D eigenvalue weighted by Crippen LogP contribution is -2.28. The van der Waals surface area contributed by atoms with Crippen molar-refractivity contribution in [3.63, 3.8) is 0 Å². The second-order valence-electron chi connectivity index (χ2n) is 4.21. The van der Waals surface area contributed by atoms with Gasteiger partial charge in [-0.2, -0.15) is 0 Å². The van der Waals surface area contributed by atoms with Crippen LogP contribution in [-0.4, -0.2) is 18.1 Å². The molecule has 0 aliphatic carbocycles. The minimum Gasteiger partial charge on any atom is -0.508 e. The van der Waals surface area contributed by atoms with Crippen molar-refractivity contribution in [3.05, 3.63) is 53.6 Å². The van der Waals surface area contributed by atoms with Crippen LogP contribution < -0.4 is 10.6 Å². The number of carbonyl (C=O) groups excluding carboxylic acids is 1. The summed E-state index contributed by atoms with van der Waals surface area (Å²) in [6.07, 6.45) is 0. The third-order valence-corrected chi connectivity index (χ3v) is 2.88. The van der Waals surface area contributed by atoms with Gasteiger partial charge in [-0.25, -0.2) is 8.78 Å². The summed E-state index contributed by atoms with van der Waals surface area (Å²) in [6.45, 7) is 0. The quantitative estimate of drug-likeness (QED) is 0.829. The molecule has 0 radical (unpaired) electrons. The lowest BCUT2D eigenvalue weighted by molar-refractivity contribution is 0.0985. The summed E-state index contributed by atoms with van der Waals surface area (Å²) in [5.41, 5.74) is 4.72. The van der Waals surface area contributed by atoms with Gasteiger partial charge >= 0.3 is 0 Å². The first-order chi connectivity index (χ1) is 9.41. The van der Waals surface area contributed by atoms with E-state index in [0.29, 0.717) is 5.69 Å². The molecule has 0 aliphatic heterocycles. The van der Waals surface area contributed by atoms with Gasteiger partial charge in [-0.1, -0.05) is 0 Å². The zero-order valence-electron chi connectivity index (χ0n) is 10.6. The third-order valence-electron chi connectivity index (χ3n) is 2.88. The number of carbonyl (C=O) groups is 1. The number of rotatable bonds is 2. The van der Waals surface area contributed by atoms with Gasteiger partial charge in [0, 0.05) is 12.7 Å². The number of benzene rings is 2. The van der Waals surface area contributed by atoms with Crippen LogP contribution in [0.25, 0.3) is 0 Å². The van der Waals surface area contributed by atoms with E-state index in [4.69, 9.17) is 5.73 Å². The maximum absolute atomic E-state index is 13.8. The number of halogens is 2. The van der Waals surface area contributed by atoms with E-state index in [1.54, 1.807) is 0 Å². The molecule has 0 unspecified atom stereocenters. The van der Waals surface area contributed by atoms with E-state index in [0.717, 1.165) is 17.0 Å². The van der Waals surface area contributed by atoms with Gasteiger partial charge in [0.25, 0.3) is 5.91 Å². The number of aromatic hydroxyl groups is 1. The van der Waals surface area contributed by atoms with Crippen LogP contribution in [0.15, 0.2) is 36.4 Å². The van der Waals surface area contributed by atoms with Crippen LogP contribution in [-0.2, 0) is 0 Å². The minimum atomic E-state index is -1.08. The molecule has 20 heavy (non-hydrogen) atoms. The van der Waals surface area contributed by atoms with Crippen molar-refractivity contribution in [2.75, 3.05) is 17.7 Å². The molecule has 104 valence electrons. The standard InChI is InChI=1S/C14H12F2N2O2/c1-18(8-2-4-9(19)5-3-8)14(20)12-10(15)6-7-11(17)13(12)16/h2-7,19H,17H2,1H3. The van der Waals surface area contributed by atoms with Crippen LogP contribution in [0.5, 0.6) is 5.75 Å². The number of amides is 1. The molecule has 1 amide bonds. The van der Waals surface area contributed by atoms with Gasteiger partial charge in [0.15, 0.2) is 5.82 Å². The van der Waals surface area contributed by atoms with Crippen molar-refractivity contribution in [2.45, 2.75) is 0 Å². The van der Waals surface area contributed by atoms with Gasteiger partial charge in [-0.05, 0) is 36.4 Å². The molecule has 2 aromatic rings. The molecule has 0 bridgehead atoms. The Morgan fingerprint density at radius 2 is 1.75 bits per heavy atom. The molecule has 0 spiro atoms. The number of phenolic OH excluding ortho intramolecular Hbond substituents is 1. The van der Waals surface area contributed by atoms with E-state index in [2.05, 4.69) is 0 Å². The Labute approximate surface area is 114 Å². The number of nitrogens with two attached hydrogens (primary N) is 1. The van der Waals surface area contributed by atoms with E-state index < -0.39 is 23.1 Å². The molecule has 3 N–H and O–H groups in total. The smallest absolute Gasteiger partial charge is 0.264 e. The highest BCUT2D eigenvalue weighted by atomic mass is 19.1. The van der Waals surface area contributed by atoms with Crippen LogP contribution in [0.4, 0.5) is 20.2 Å². The maximum atomic E-state index is 13.8.